The highest BCUT2D eigenvalue weighted by Gasteiger charge is 2.29. The predicted octanol–water partition coefficient (Wildman–Crippen LogP) is 1.55. The highest BCUT2D eigenvalue weighted by atomic mass is 16.2. The number of hydrogen-bond acceptors (Lipinski definition) is 2. The molecule has 0 fully saturated rings. The van der Waals surface area contributed by atoms with Crippen LogP contribution in [0.1, 0.15) is 41.5 Å². The highest BCUT2D eigenvalue weighted by molar-refractivity contribution is 5.75. The van der Waals surface area contributed by atoms with E-state index in [4.69, 9.17) is 5.73 Å². The summed E-state index contributed by atoms with van der Waals surface area (Å²) in [5.41, 5.74) is 5.15. The van der Waals surface area contributed by atoms with Crippen molar-refractivity contribution in [3.8, 4) is 0 Å². The average molecular weight is 215 g/mol. The van der Waals surface area contributed by atoms with Crippen LogP contribution in [0.5, 0.6) is 0 Å². The molecule has 0 rings (SSSR count). The molecule has 0 bridgehead atoms. The first-order valence-corrected chi connectivity index (χ1v) is 5.44. The molecule has 0 atom stereocenters. The zero-order chi connectivity index (χ0) is 12.3. The number of hydrogen-bond donors (Lipinski definition) is 2. The summed E-state index contributed by atoms with van der Waals surface area (Å²) < 4.78 is 0. The third-order valence-electron chi connectivity index (χ3n) is 2.27. The van der Waals surface area contributed by atoms with Crippen LogP contribution >= 0.6 is 0 Å². The van der Waals surface area contributed by atoms with Crippen LogP contribution in [0.25, 0.3) is 0 Å². The van der Waals surface area contributed by atoms with Gasteiger partial charge >= 0.3 is 6.03 Å². The van der Waals surface area contributed by atoms with E-state index in [-0.39, 0.29) is 17.1 Å². The average Bonchev–Trinajstić information content (AvgIpc) is 2.01. The third kappa shape index (κ3) is 4.51. The van der Waals surface area contributed by atoms with E-state index in [0.29, 0.717) is 13.1 Å². The van der Waals surface area contributed by atoms with Gasteiger partial charge in [0.25, 0.3) is 0 Å². The molecule has 0 aromatic rings. The Labute approximate surface area is 93.2 Å². The highest BCUT2D eigenvalue weighted by Crippen LogP contribution is 2.13. The summed E-state index contributed by atoms with van der Waals surface area (Å²) in [7, 11) is 0. The fraction of sp³-hybridized carbons (Fsp3) is 0.909. The third-order valence-corrected chi connectivity index (χ3v) is 2.27. The van der Waals surface area contributed by atoms with Crippen molar-refractivity contribution in [1.29, 1.82) is 0 Å². The van der Waals surface area contributed by atoms with Crippen molar-refractivity contribution < 1.29 is 4.79 Å². The van der Waals surface area contributed by atoms with Gasteiger partial charge in [-0.15, -0.1) is 0 Å². The van der Waals surface area contributed by atoms with Gasteiger partial charge in [-0.05, 0) is 41.5 Å². The molecule has 0 aliphatic heterocycles. The summed E-state index contributed by atoms with van der Waals surface area (Å²) in [6.07, 6.45) is 0. The lowest BCUT2D eigenvalue weighted by atomic mass is 10.0. The fourth-order valence-corrected chi connectivity index (χ4v) is 1.35. The maximum atomic E-state index is 12.0. The minimum absolute atomic E-state index is 0.0551. The Morgan fingerprint density at radius 3 is 2.00 bits per heavy atom. The number of nitrogens with one attached hydrogen (secondary N) is 1. The molecule has 0 heterocycles. The Balaban J connectivity index is 4.63. The maximum absolute atomic E-state index is 12.0. The zero-order valence-corrected chi connectivity index (χ0v) is 10.8. The van der Waals surface area contributed by atoms with Gasteiger partial charge in [0.05, 0.1) is 5.54 Å². The Kier molecular flexibility index (Phi) is 4.59. The molecule has 4 heteroatoms. The van der Waals surface area contributed by atoms with Gasteiger partial charge in [-0.3, -0.25) is 0 Å². The van der Waals surface area contributed by atoms with Crippen molar-refractivity contribution in [3.05, 3.63) is 0 Å². The van der Waals surface area contributed by atoms with Crippen LogP contribution < -0.4 is 11.1 Å². The molecule has 4 nitrogen and oxygen atoms in total. The number of nitrogens with two attached hydrogens (primary N) is 1. The monoisotopic (exact) mass is 215 g/mol. The van der Waals surface area contributed by atoms with Gasteiger partial charge in [0.15, 0.2) is 0 Å². The minimum atomic E-state index is -0.302. The molecule has 15 heavy (non-hydrogen) atoms. The van der Waals surface area contributed by atoms with Crippen molar-refractivity contribution in [2.24, 2.45) is 5.73 Å². The smallest absolute Gasteiger partial charge is 0.318 e. The molecule has 0 unspecified atom stereocenters. The number of carbonyl (C=O) groups is 1. The minimum Gasteiger partial charge on any atom is -0.333 e. The summed E-state index contributed by atoms with van der Waals surface area (Å²) in [4.78, 5) is 13.7. The largest absolute Gasteiger partial charge is 0.333 e. The van der Waals surface area contributed by atoms with Gasteiger partial charge in [0.1, 0.15) is 0 Å². The SMILES string of the molecule is CCN(C(=O)NC(C)(C)C)C(C)(C)CN. The van der Waals surface area contributed by atoms with Crippen molar-refractivity contribution in [2.45, 2.75) is 52.6 Å². The van der Waals surface area contributed by atoms with Crippen LogP contribution in [0.4, 0.5) is 4.79 Å². The molecule has 0 saturated carbocycles. The van der Waals surface area contributed by atoms with Crippen LogP contribution in [0.2, 0.25) is 0 Å². The van der Waals surface area contributed by atoms with Crippen LogP contribution in [-0.2, 0) is 0 Å². The van der Waals surface area contributed by atoms with E-state index in [1.165, 1.54) is 0 Å². The molecule has 0 radical (unpaired) electrons. The number of amides is 2. The normalized spacial score (nSPS) is 12.5. The van der Waals surface area contributed by atoms with E-state index in [1.807, 2.05) is 41.5 Å². The van der Waals surface area contributed by atoms with Crippen molar-refractivity contribution in [3.63, 3.8) is 0 Å². The van der Waals surface area contributed by atoms with E-state index >= 15 is 0 Å². The second kappa shape index (κ2) is 4.84. The maximum Gasteiger partial charge on any atom is 0.318 e. The Morgan fingerprint density at radius 1 is 1.27 bits per heavy atom. The standard InChI is InChI=1S/C11H25N3O/c1-7-14(11(5,6)8-12)9(15)13-10(2,3)4/h7-8,12H2,1-6H3,(H,13,15). The van der Waals surface area contributed by atoms with Crippen LogP contribution in [-0.4, -0.2) is 35.1 Å². The molecular weight excluding hydrogens is 190 g/mol. The van der Waals surface area contributed by atoms with Crippen molar-refractivity contribution >= 4 is 6.03 Å². The Bertz CT molecular complexity index is 218. The molecule has 0 spiro atoms. The van der Waals surface area contributed by atoms with Gasteiger partial charge in [-0.1, -0.05) is 0 Å². The Hall–Kier alpha value is -0.770. The molecule has 90 valence electrons. The Morgan fingerprint density at radius 2 is 1.73 bits per heavy atom. The molecule has 0 saturated heterocycles. The summed E-state index contributed by atoms with van der Waals surface area (Å²) in [6.45, 7) is 12.9. The lowest BCUT2D eigenvalue weighted by Crippen LogP contribution is -2.58. The van der Waals surface area contributed by atoms with E-state index in [2.05, 4.69) is 5.32 Å². The first-order chi connectivity index (χ1) is 6.64. The van der Waals surface area contributed by atoms with Gasteiger partial charge in [0.2, 0.25) is 0 Å². The molecular formula is C11H25N3O. The van der Waals surface area contributed by atoms with Crippen LogP contribution in [0, 0.1) is 0 Å². The quantitative estimate of drug-likeness (QED) is 0.750. The van der Waals surface area contributed by atoms with Gasteiger partial charge in [-0.2, -0.15) is 0 Å². The molecule has 0 aromatic heterocycles. The molecule has 0 aromatic carbocycles. The summed E-state index contributed by atoms with van der Waals surface area (Å²) >= 11 is 0. The van der Waals surface area contributed by atoms with Crippen molar-refractivity contribution in [1.82, 2.24) is 10.2 Å². The first-order valence-electron chi connectivity index (χ1n) is 5.44. The van der Waals surface area contributed by atoms with E-state index in [9.17, 15) is 4.79 Å². The number of likely N-dealkylation sites (N-methyl/N-ethyl adjacent to an activating group) is 1. The number of rotatable bonds is 3. The van der Waals surface area contributed by atoms with Gasteiger partial charge < -0.3 is 16.0 Å². The number of carbonyl (C=O) groups excluding carboxylic acids is 1. The topological polar surface area (TPSA) is 58.4 Å². The second-order valence-electron chi connectivity index (χ2n) is 5.44. The molecule has 2 amide bonds. The van der Waals surface area contributed by atoms with Gasteiger partial charge in [0, 0.05) is 18.6 Å². The van der Waals surface area contributed by atoms with Crippen LogP contribution in [0.15, 0.2) is 0 Å². The summed E-state index contributed by atoms with van der Waals surface area (Å²) in [6, 6.07) is -0.0551. The molecule has 0 aliphatic rings. The number of urea groups is 1. The molecule has 0 aliphatic carbocycles. The lowest BCUT2D eigenvalue weighted by molar-refractivity contribution is 0.137. The van der Waals surface area contributed by atoms with Crippen LogP contribution in [0.3, 0.4) is 0 Å². The van der Waals surface area contributed by atoms with E-state index in [0.717, 1.165) is 0 Å². The number of nitrogens with zero attached hydrogens (tertiary/aromatic N) is 1. The summed E-state index contributed by atoms with van der Waals surface area (Å²) in [5.74, 6) is 0. The predicted molar refractivity (Wildman–Crippen MR) is 63.8 cm³/mol. The van der Waals surface area contributed by atoms with E-state index < -0.39 is 0 Å². The van der Waals surface area contributed by atoms with Gasteiger partial charge in [-0.25, -0.2) is 4.79 Å². The van der Waals surface area contributed by atoms with E-state index in [1.54, 1.807) is 4.90 Å². The van der Waals surface area contributed by atoms with Crippen molar-refractivity contribution in [2.75, 3.05) is 13.1 Å². The first kappa shape index (κ1) is 14.2. The second-order valence-corrected chi connectivity index (χ2v) is 5.44. The molecule has 3 N–H and O–H groups in total. The summed E-state index contributed by atoms with van der Waals surface area (Å²) in [5, 5.41) is 2.94. The zero-order valence-electron chi connectivity index (χ0n) is 10.8. The fourth-order valence-electron chi connectivity index (χ4n) is 1.35. The lowest BCUT2D eigenvalue weighted by Gasteiger charge is -2.38.